The molecule has 1 aliphatic rings. The smallest absolute Gasteiger partial charge is 0.341 e. The molecule has 1 aliphatic heterocycles. The lowest BCUT2D eigenvalue weighted by Gasteiger charge is -2.28. The van der Waals surface area contributed by atoms with Crippen LogP contribution in [0.2, 0.25) is 0 Å². The predicted octanol–water partition coefficient (Wildman–Crippen LogP) is 5.08. The number of aromatic nitrogens is 2. The van der Waals surface area contributed by atoms with Gasteiger partial charge in [0.25, 0.3) is 0 Å². The molecule has 11 heteroatoms. The molecule has 1 fully saturated rings. The molecule has 5 rings (SSSR count). The normalized spacial score (nSPS) is 13.6. The number of nitrogens with zero attached hydrogens (tertiary/aromatic N) is 3. The fourth-order valence-corrected chi connectivity index (χ4v) is 5.60. The Morgan fingerprint density at radius 1 is 1.11 bits per heavy atom. The third kappa shape index (κ3) is 4.77. The van der Waals surface area contributed by atoms with E-state index in [9.17, 15) is 4.79 Å². The Balaban J connectivity index is 1.42. The fraction of sp³-hybridized carbons (Fsp3) is 0.280. The SMILES string of the molecule is CCOC(=O)c1c(NC(=S)Nc2ccc(N3CCOCC3)c3nonc23)sc(C)c1-c1ccccc1. The Hall–Kier alpha value is -3.54. The minimum atomic E-state index is -0.399. The number of carbonyl (C=O) groups excluding carboxylic acids is 1. The Morgan fingerprint density at radius 3 is 2.61 bits per heavy atom. The number of thiophene rings is 1. The first kappa shape index (κ1) is 24.2. The fourth-order valence-electron chi connectivity index (χ4n) is 4.25. The van der Waals surface area contributed by atoms with Gasteiger partial charge >= 0.3 is 5.97 Å². The van der Waals surface area contributed by atoms with Crippen molar-refractivity contribution in [3.05, 3.63) is 52.9 Å². The van der Waals surface area contributed by atoms with Crippen LogP contribution < -0.4 is 15.5 Å². The van der Waals surface area contributed by atoms with Crippen LogP contribution in [0.25, 0.3) is 22.2 Å². The second kappa shape index (κ2) is 10.6. The topological polar surface area (TPSA) is 102 Å². The van der Waals surface area contributed by atoms with Gasteiger partial charge in [0.2, 0.25) is 0 Å². The summed E-state index contributed by atoms with van der Waals surface area (Å²) in [6.07, 6.45) is 0. The summed E-state index contributed by atoms with van der Waals surface area (Å²) in [6.45, 7) is 6.91. The predicted molar refractivity (Wildman–Crippen MR) is 145 cm³/mol. The summed E-state index contributed by atoms with van der Waals surface area (Å²) in [6, 6.07) is 13.6. The van der Waals surface area contributed by atoms with E-state index in [1.54, 1.807) is 6.92 Å². The lowest BCUT2D eigenvalue weighted by atomic mass is 10.0. The molecule has 0 amide bonds. The van der Waals surface area contributed by atoms with Crippen molar-refractivity contribution < 1.29 is 18.9 Å². The van der Waals surface area contributed by atoms with E-state index in [0.717, 1.165) is 34.8 Å². The molecule has 4 aromatic rings. The number of morpholine rings is 1. The van der Waals surface area contributed by atoms with Gasteiger partial charge in [0.1, 0.15) is 10.6 Å². The minimum absolute atomic E-state index is 0.275. The first-order valence-electron chi connectivity index (χ1n) is 11.6. The van der Waals surface area contributed by atoms with Gasteiger partial charge in [0.15, 0.2) is 16.1 Å². The van der Waals surface area contributed by atoms with E-state index in [2.05, 4.69) is 25.8 Å². The van der Waals surface area contributed by atoms with Crippen LogP contribution in [0.3, 0.4) is 0 Å². The van der Waals surface area contributed by atoms with Gasteiger partial charge in [-0.1, -0.05) is 30.3 Å². The van der Waals surface area contributed by atoms with Gasteiger partial charge < -0.3 is 25.0 Å². The van der Waals surface area contributed by atoms with Crippen LogP contribution in [0, 0.1) is 6.92 Å². The third-order valence-corrected chi connectivity index (χ3v) is 7.07. The van der Waals surface area contributed by atoms with Crippen molar-refractivity contribution in [2.75, 3.05) is 48.4 Å². The highest BCUT2D eigenvalue weighted by atomic mass is 32.1. The number of aryl methyl sites for hydroxylation is 1. The lowest BCUT2D eigenvalue weighted by molar-refractivity contribution is 0.0529. The van der Waals surface area contributed by atoms with Gasteiger partial charge in [-0.25, -0.2) is 9.42 Å². The van der Waals surface area contributed by atoms with Gasteiger partial charge in [0, 0.05) is 23.5 Å². The summed E-state index contributed by atoms with van der Waals surface area (Å²) >= 11 is 7.07. The molecule has 0 unspecified atom stereocenters. The largest absolute Gasteiger partial charge is 0.462 e. The number of benzene rings is 2. The van der Waals surface area contributed by atoms with Gasteiger partial charge in [0.05, 0.1) is 31.2 Å². The standard InChI is InChI=1S/C25H25N5O4S2/c1-3-33-24(31)20-19(16-7-5-4-6-8-16)15(2)36-23(20)27-25(35)26-17-9-10-18(22-21(17)28-34-29-22)30-11-13-32-14-12-30/h4-10H,3,11-14H2,1-2H3,(H2,26,27,35). The maximum absolute atomic E-state index is 13.0. The summed E-state index contributed by atoms with van der Waals surface area (Å²) in [5.74, 6) is -0.399. The van der Waals surface area contributed by atoms with Crippen LogP contribution in [0.1, 0.15) is 22.2 Å². The molecule has 0 spiro atoms. The molecule has 2 aromatic heterocycles. The Morgan fingerprint density at radius 2 is 1.86 bits per heavy atom. The molecule has 2 N–H and O–H groups in total. The molecule has 0 saturated carbocycles. The van der Waals surface area contributed by atoms with Crippen LogP contribution in [-0.4, -0.2) is 54.3 Å². The molecule has 0 radical (unpaired) electrons. The third-order valence-electron chi connectivity index (χ3n) is 5.85. The number of nitrogens with one attached hydrogen (secondary N) is 2. The molecule has 0 aliphatic carbocycles. The average Bonchev–Trinajstić information content (AvgIpc) is 3.50. The van der Waals surface area contributed by atoms with Crippen molar-refractivity contribution in [3.63, 3.8) is 0 Å². The number of fused-ring (bicyclic) bond motifs is 1. The minimum Gasteiger partial charge on any atom is -0.462 e. The molecular formula is C25H25N5O4S2. The average molecular weight is 524 g/mol. The zero-order chi connectivity index (χ0) is 25.1. The van der Waals surface area contributed by atoms with Crippen LogP contribution >= 0.6 is 23.6 Å². The Kier molecular flexibility index (Phi) is 7.12. The molecule has 3 heterocycles. The number of hydrogen-bond donors (Lipinski definition) is 2. The number of rotatable bonds is 6. The number of ether oxygens (including phenoxy) is 2. The highest BCUT2D eigenvalue weighted by Crippen LogP contribution is 2.40. The monoisotopic (exact) mass is 523 g/mol. The second-order valence-corrected chi connectivity index (χ2v) is 9.73. The summed E-state index contributed by atoms with van der Waals surface area (Å²) in [5, 5.41) is 15.5. The van der Waals surface area contributed by atoms with Crippen LogP contribution in [0.15, 0.2) is 47.1 Å². The van der Waals surface area contributed by atoms with E-state index in [-0.39, 0.29) is 6.61 Å². The quantitative estimate of drug-likeness (QED) is 0.263. The molecule has 36 heavy (non-hydrogen) atoms. The van der Waals surface area contributed by atoms with E-state index < -0.39 is 5.97 Å². The van der Waals surface area contributed by atoms with Crippen molar-refractivity contribution in [2.45, 2.75) is 13.8 Å². The van der Waals surface area contributed by atoms with Gasteiger partial charge in [-0.3, -0.25) is 0 Å². The number of anilines is 3. The highest BCUT2D eigenvalue weighted by Gasteiger charge is 2.25. The molecule has 0 atom stereocenters. The zero-order valence-corrected chi connectivity index (χ0v) is 21.5. The summed E-state index contributed by atoms with van der Waals surface area (Å²) in [4.78, 5) is 16.2. The van der Waals surface area contributed by atoms with E-state index in [4.69, 9.17) is 26.3 Å². The van der Waals surface area contributed by atoms with Crippen molar-refractivity contribution >= 4 is 62.0 Å². The van der Waals surface area contributed by atoms with E-state index in [1.807, 2.05) is 49.4 Å². The Labute approximate surface area is 217 Å². The highest BCUT2D eigenvalue weighted by molar-refractivity contribution is 7.80. The first-order valence-corrected chi connectivity index (χ1v) is 12.8. The number of esters is 1. The van der Waals surface area contributed by atoms with Gasteiger partial charge in [-0.2, -0.15) is 0 Å². The van der Waals surface area contributed by atoms with Gasteiger partial charge in [-0.15, -0.1) is 11.3 Å². The van der Waals surface area contributed by atoms with Crippen molar-refractivity contribution in [1.82, 2.24) is 10.3 Å². The molecular weight excluding hydrogens is 498 g/mol. The molecule has 1 saturated heterocycles. The lowest BCUT2D eigenvalue weighted by Crippen LogP contribution is -2.36. The van der Waals surface area contributed by atoms with Gasteiger partial charge in [-0.05, 0) is 54.1 Å². The molecule has 2 aromatic carbocycles. The second-order valence-electron chi connectivity index (χ2n) is 8.10. The van der Waals surface area contributed by atoms with Crippen LogP contribution in [-0.2, 0) is 9.47 Å². The molecule has 0 bridgehead atoms. The van der Waals surface area contributed by atoms with Crippen LogP contribution in [0.5, 0.6) is 0 Å². The van der Waals surface area contributed by atoms with E-state index in [0.29, 0.717) is 45.6 Å². The molecule has 186 valence electrons. The first-order chi connectivity index (χ1) is 17.6. The van der Waals surface area contributed by atoms with Crippen LogP contribution in [0.4, 0.5) is 16.4 Å². The molecule has 9 nitrogen and oxygen atoms in total. The van der Waals surface area contributed by atoms with Crippen molar-refractivity contribution in [2.24, 2.45) is 0 Å². The summed E-state index contributed by atoms with van der Waals surface area (Å²) < 4.78 is 15.9. The maximum Gasteiger partial charge on any atom is 0.341 e. The summed E-state index contributed by atoms with van der Waals surface area (Å²) in [5.41, 5.74) is 5.04. The van der Waals surface area contributed by atoms with Crippen molar-refractivity contribution in [3.8, 4) is 11.1 Å². The summed E-state index contributed by atoms with van der Waals surface area (Å²) in [7, 11) is 0. The number of carbonyl (C=O) groups is 1. The zero-order valence-electron chi connectivity index (χ0n) is 19.9. The Bertz CT molecular complexity index is 1400. The van der Waals surface area contributed by atoms with E-state index in [1.165, 1.54) is 11.3 Å². The van der Waals surface area contributed by atoms with Crippen molar-refractivity contribution in [1.29, 1.82) is 0 Å². The number of hydrogen-bond acceptors (Lipinski definition) is 9. The maximum atomic E-state index is 13.0. The van der Waals surface area contributed by atoms with E-state index >= 15 is 0 Å². The number of thiocarbonyl (C=S) groups is 1.